The van der Waals surface area contributed by atoms with Gasteiger partial charge in [-0.25, -0.2) is 0 Å². The number of primary amides is 2. The molecular weight excluding hydrogens is 338 g/mol. The first-order valence-corrected chi connectivity index (χ1v) is 6.80. The molecule has 2 amide bonds. The minimum absolute atomic E-state index is 0.137. The zero-order valence-corrected chi connectivity index (χ0v) is 14.9. The first-order valence-electron chi connectivity index (χ1n) is 5.90. The summed E-state index contributed by atoms with van der Waals surface area (Å²) >= 11 is 6.21. The number of carbonyl (C=O) groups is 2. The zero-order valence-electron chi connectivity index (χ0n) is 13.1. The molecular formula is C14H23N3O4S2. The van der Waals surface area contributed by atoms with Crippen molar-refractivity contribution in [1.29, 1.82) is 0 Å². The zero-order chi connectivity index (χ0) is 19.3. The van der Waals surface area contributed by atoms with Gasteiger partial charge in [0.2, 0.25) is 0 Å². The van der Waals surface area contributed by atoms with Gasteiger partial charge in [0, 0.05) is 12.1 Å². The topological polar surface area (TPSA) is 129 Å². The van der Waals surface area contributed by atoms with Crippen LogP contribution < -0.4 is 11.5 Å². The smallest absolute Gasteiger partial charge is 0.273 e. The van der Waals surface area contributed by atoms with Crippen molar-refractivity contribution < 1.29 is 14.5 Å². The molecule has 130 valence electrons. The molecule has 1 aromatic rings. The lowest BCUT2D eigenvalue weighted by atomic mass is 10.3. The van der Waals surface area contributed by atoms with Crippen molar-refractivity contribution in [3.63, 3.8) is 0 Å². The minimum atomic E-state index is -0.639. The maximum absolute atomic E-state index is 10.0. The minimum Gasteiger partial charge on any atom is -0.361 e. The van der Waals surface area contributed by atoms with Crippen LogP contribution in [0.25, 0.3) is 0 Å². The number of benzene rings is 1. The average molecular weight is 361 g/mol. The van der Waals surface area contributed by atoms with Gasteiger partial charge in [-0.2, -0.15) is 0 Å². The number of nitrogens with two attached hydrogens (primary N) is 2. The summed E-state index contributed by atoms with van der Waals surface area (Å²) in [7, 11) is 0. The first kappa shape index (κ1) is 28.8. The van der Waals surface area contributed by atoms with Crippen LogP contribution in [0.1, 0.15) is 13.8 Å². The van der Waals surface area contributed by atoms with Crippen molar-refractivity contribution in [2.45, 2.75) is 13.8 Å². The van der Waals surface area contributed by atoms with Gasteiger partial charge in [0.05, 0.1) is 4.92 Å². The van der Waals surface area contributed by atoms with Crippen molar-refractivity contribution in [3.05, 3.63) is 65.8 Å². The molecule has 0 saturated carbocycles. The maximum Gasteiger partial charge on any atom is 0.273 e. The Morgan fingerprint density at radius 3 is 1.39 bits per heavy atom. The van der Waals surface area contributed by atoms with Crippen LogP contribution in [0.5, 0.6) is 0 Å². The highest BCUT2D eigenvalue weighted by Gasteiger charge is 1.98. The summed E-state index contributed by atoms with van der Waals surface area (Å²) in [6, 6.07) is 7.93. The molecule has 0 unspecified atom stereocenters. The normalized spacial score (nSPS) is 6.78. The molecule has 0 aliphatic heterocycles. The van der Waals surface area contributed by atoms with Gasteiger partial charge in [-0.3, -0.25) is 19.7 Å². The molecule has 7 nitrogen and oxygen atoms in total. The van der Waals surface area contributed by atoms with E-state index < -0.39 is 15.4 Å². The number of hydrogen-bond donors (Lipinski definition) is 4. The molecule has 0 aliphatic rings. The highest BCUT2D eigenvalue weighted by Crippen LogP contribution is 2.06. The van der Waals surface area contributed by atoms with E-state index >= 15 is 0 Å². The van der Waals surface area contributed by atoms with Crippen molar-refractivity contribution in [2.24, 2.45) is 11.5 Å². The van der Waals surface area contributed by atoms with Crippen LogP contribution in [0.15, 0.2) is 55.6 Å². The molecule has 0 radical (unpaired) electrons. The Balaban J connectivity index is -0.000000110. The van der Waals surface area contributed by atoms with E-state index in [1.807, 2.05) is 13.8 Å². The fourth-order valence-corrected chi connectivity index (χ4v) is 0.550. The predicted molar refractivity (Wildman–Crippen MR) is 102 cm³/mol. The summed E-state index contributed by atoms with van der Waals surface area (Å²) < 4.78 is 0. The molecule has 23 heavy (non-hydrogen) atoms. The first-order chi connectivity index (χ1) is 10.6. The second-order valence-corrected chi connectivity index (χ2v) is 3.97. The molecule has 9 heteroatoms. The van der Waals surface area contributed by atoms with E-state index in [1.165, 1.54) is 12.1 Å². The Bertz CT molecular complexity index is 429. The molecule has 4 N–H and O–H groups in total. The van der Waals surface area contributed by atoms with Gasteiger partial charge >= 0.3 is 0 Å². The Morgan fingerprint density at radius 1 is 1.04 bits per heavy atom. The van der Waals surface area contributed by atoms with Gasteiger partial charge in [0.1, 0.15) is 0 Å². The predicted octanol–water partition coefficient (Wildman–Crippen LogP) is 3.97. The van der Waals surface area contributed by atoms with E-state index in [0.29, 0.717) is 0 Å². The van der Waals surface area contributed by atoms with Crippen molar-refractivity contribution in [3.8, 4) is 0 Å². The quantitative estimate of drug-likeness (QED) is 0.261. The lowest BCUT2D eigenvalue weighted by molar-refractivity contribution is -0.384. The molecule has 0 fully saturated rings. The van der Waals surface area contributed by atoms with Crippen LogP contribution in [0.3, 0.4) is 0 Å². The number of amides is 2. The molecule has 0 aliphatic carbocycles. The Kier molecular flexibility index (Phi) is 31.0. The summed E-state index contributed by atoms with van der Waals surface area (Å²) in [4.78, 5) is 27.8. The number of non-ortho nitro benzene ring substituents is 1. The third-order valence-electron chi connectivity index (χ3n) is 0.967. The number of nitrogens with zero attached hydrogens (tertiary/aromatic N) is 1. The fourth-order valence-electron chi connectivity index (χ4n) is 0.550. The number of hydrogen-bond acceptors (Lipinski definition) is 4. The van der Waals surface area contributed by atoms with Crippen molar-refractivity contribution in [2.75, 3.05) is 0 Å². The third kappa shape index (κ3) is 65.5. The highest BCUT2D eigenvalue weighted by atomic mass is 32.1. The molecule has 0 saturated heterocycles. The number of thiol groups is 2. The molecule has 1 rings (SSSR count). The number of nitro groups is 1. The fraction of sp³-hybridized carbons (Fsp3) is 0.143. The summed E-state index contributed by atoms with van der Waals surface area (Å²) in [5.74, 6) is 0. The second-order valence-electron chi connectivity index (χ2n) is 3.09. The van der Waals surface area contributed by atoms with E-state index in [2.05, 4.69) is 49.9 Å². The van der Waals surface area contributed by atoms with E-state index in [9.17, 15) is 10.1 Å². The van der Waals surface area contributed by atoms with Crippen LogP contribution in [0.2, 0.25) is 0 Å². The summed E-state index contributed by atoms with van der Waals surface area (Å²) in [5.41, 5.74) is 8.81. The summed E-state index contributed by atoms with van der Waals surface area (Å²) in [5, 5.41) is 8.73. The SMILES string of the molecule is C=CC.C=CC.NC(=O)S.NC(=O)S.O=[N+]([O-])c1ccccc1. The number of rotatable bonds is 1. The molecule has 0 spiro atoms. The summed E-state index contributed by atoms with van der Waals surface area (Å²) in [6.07, 6.45) is 3.50. The van der Waals surface area contributed by atoms with Crippen molar-refractivity contribution in [1.82, 2.24) is 0 Å². The maximum atomic E-state index is 10.0. The van der Waals surface area contributed by atoms with Crippen LogP contribution in [-0.2, 0) is 0 Å². The van der Waals surface area contributed by atoms with Crippen molar-refractivity contribution >= 4 is 41.4 Å². The number of carbonyl (C=O) groups excluding carboxylic acids is 2. The van der Waals surface area contributed by atoms with E-state index in [0.717, 1.165) is 0 Å². The van der Waals surface area contributed by atoms with Gasteiger partial charge in [0.15, 0.2) is 0 Å². The Hall–Kier alpha value is -2.26. The van der Waals surface area contributed by atoms with Gasteiger partial charge in [-0.05, 0) is 13.8 Å². The number of nitro benzene ring substituents is 1. The average Bonchev–Trinajstić information content (AvgIpc) is 2.40. The highest BCUT2D eigenvalue weighted by molar-refractivity contribution is 7.96. The summed E-state index contributed by atoms with van der Waals surface area (Å²) in [6.45, 7) is 10.5. The Labute approximate surface area is 147 Å². The van der Waals surface area contributed by atoms with E-state index in [4.69, 9.17) is 9.59 Å². The molecule has 1 aromatic carbocycles. The van der Waals surface area contributed by atoms with Gasteiger partial charge in [0.25, 0.3) is 16.2 Å². The Morgan fingerprint density at radius 2 is 1.26 bits per heavy atom. The van der Waals surface area contributed by atoms with Gasteiger partial charge in [-0.1, -0.05) is 55.6 Å². The molecule has 0 bridgehead atoms. The van der Waals surface area contributed by atoms with E-state index in [1.54, 1.807) is 30.4 Å². The lowest BCUT2D eigenvalue weighted by Crippen LogP contribution is -1.95. The van der Waals surface area contributed by atoms with Gasteiger partial charge < -0.3 is 11.5 Å². The van der Waals surface area contributed by atoms with Crippen LogP contribution in [0.4, 0.5) is 15.3 Å². The van der Waals surface area contributed by atoms with E-state index in [-0.39, 0.29) is 5.69 Å². The standard InChI is InChI=1S/C6H5NO2.2C3H6.2CH3NOS/c8-7(9)6-4-2-1-3-5-6;2*1-3-2;2*2-1(3)4/h1-5H;2*3H,1H2,2H3;2*(H3,2,3,4). The largest absolute Gasteiger partial charge is 0.361 e. The second kappa shape index (κ2) is 24.7. The number of para-hydroxylation sites is 1. The monoisotopic (exact) mass is 361 g/mol. The van der Waals surface area contributed by atoms with Crippen LogP contribution in [0, 0.1) is 10.1 Å². The third-order valence-corrected chi connectivity index (χ3v) is 0.967. The molecule has 0 aromatic heterocycles. The molecule has 0 heterocycles. The van der Waals surface area contributed by atoms with Crippen LogP contribution in [-0.4, -0.2) is 15.4 Å². The van der Waals surface area contributed by atoms with Gasteiger partial charge in [-0.15, -0.1) is 13.2 Å². The lowest BCUT2D eigenvalue weighted by Gasteiger charge is -1.85. The van der Waals surface area contributed by atoms with Crippen LogP contribution >= 0.6 is 25.3 Å². The number of allylic oxidation sites excluding steroid dienone is 2. The molecule has 0 atom stereocenters.